The van der Waals surface area contributed by atoms with Gasteiger partial charge in [0.25, 0.3) is 0 Å². The molecular weight excluding hydrogens is 358 g/mol. The Kier molecular flexibility index (Phi) is 5.37. The lowest BCUT2D eigenvalue weighted by Gasteiger charge is -2.13. The standard InChI is InChI=1S/C11H13BrClNO4S/c1-3-6(2)14-19(17,18)7-4-8(11(15)16)10(13)9(12)5-7/h4-6,14H,3H2,1-2H3,(H,15,16). The summed E-state index contributed by atoms with van der Waals surface area (Å²) in [6.45, 7) is 3.56. The topological polar surface area (TPSA) is 83.5 Å². The van der Waals surface area contributed by atoms with Crippen LogP contribution >= 0.6 is 27.5 Å². The minimum Gasteiger partial charge on any atom is -0.478 e. The number of carboxylic acid groups (broad SMARTS) is 1. The Morgan fingerprint density at radius 2 is 2.11 bits per heavy atom. The van der Waals surface area contributed by atoms with E-state index in [9.17, 15) is 13.2 Å². The summed E-state index contributed by atoms with van der Waals surface area (Å²) in [5.41, 5.74) is -0.263. The van der Waals surface area contributed by atoms with Gasteiger partial charge in [-0.25, -0.2) is 17.9 Å². The second kappa shape index (κ2) is 6.21. The Morgan fingerprint density at radius 1 is 1.53 bits per heavy atom. The molecule has 0 heterocycles. The van der Waals surface area contributed by atoms with E-state index in [-0.39, 0.29) is 26.0 Å². The molecule has 0 fully saturated rings. The Morgan fingerprint density at radius 3 is 2.58 bits per heavy atom. The predicted octanol–water partition coefficient (Wildman–Crippen LogP) is 2.88. The molecule has 1 unspecified atom stereocenters. The molecule has 0 aliphatic rings. The van der Waals surface area contributed by atoms with E-state index in [2.05, 4.69) is 20.7 Å². The minimum atomic E-state index is -3.77. The summed E-state index contributed by atoms with van der Waals surface area (Å²) in [6, 6.07) is 2.08. The molecule has 0 saturated carbocycles. The van der Waals surface area contributed by atoms with Gasteiger partial charge in [-0.2, -0.15) is 0 Å². The van der Waals surface area contributed by atoms with Crippen LogP contribution in [0, 0.1) is 0 Å². The highest BCUT2D eigenvalue weighted by molar-refractivity contribution is 9.10. The van der Waals surface area contributed by atoms with Gasteiger partial charge in [0, 0.05) is 10.5 Å². The van der Waals surface area contributed by atoms with Crippen molar-refractivity contribution in [2.75, 3.05) is 0 Å². The average molecular weight is 371 g/mol. The van der Waals surface area contributed by atoms with Crippen molar-refractivity contribution < 1.29 is 18.3 Å². The van der Waals surface area contributed by atoms with Crippen LogP contribution in [0.15, 0.2) is 21.5 Å². The first-order chi connectivity index (χ1) is 8.69. The molecule has 0 saturated heterocycles. The van der Waals surface area contributed by atoms with Crippen molar-refractivity contribution in [3.05, 3.63) is 27.2 Å². The van der Waals surface area contributed by atoms with E-state index < -0.39 is 16.0 Å². The van der Waals surface area contributed by atoms with Gasteiger partial charge in [-0.15, -0.1) is 0 Å². The van der Waals surface area contributed by atoms with Gasteiger partial charge in [0.05, 0.1) is 15.5 Å². The number of aromatic carboxylic acids is 1. The van der Waals surface area contributed by atoms with Crippen molar-refractivity contribution in [3.8, 4) is 0 Å². The summed E-state index contributed by atoms with van der Waals surface area (Å²) in [4.78, 5) is 10.9. The maximum atomic E-state index is 12.1. The van der Waals surface area contributed by atoms with Crippen molar-refractivity contribution in [2.24, 2.45) is 0 Å². The molecule has 1 rings (SSSR count). The highest BCUT2D eigenvalue weighted by Gasteiger charge is 2.22. The largest absolute Gasteiger partial charge is 0.478 e. The Hall–Kier alpha value is -0.630. The Bertz CT molecular complexity index is 603. The lowest BCUT2D eigenvalue weighted by Crippen LogP contribution is -2.32. The predicted molar refractivity (Wildman–Crippen MR) is 76.2 cm³/mol. The molecule has 2 N–H and O–H groups in total. The van der Waals surface area contributed by atoms with E-state index in [0.29, 0.717) is 6.42 Å². The lowest BCUT2D eigenvalue weighted by molar-refractivity contribution is 0.0696. The summed E-state index contributed by atoms with van der Waals surface area (Å²) in [6.07, 6.45) is 0.625. The molecule has 8 heteroatoms. The minimum absolute atomic E-state index is 0.0324. The third-order valence-corrected chi connectivity index (χ3v) is 5.34. The molecule has 0 amide bonds. The third-order valence-electron chi connectivity index (χ3n) is 2.51. The molecule has 106 valence electrons. The van der Waals surface area contributed by atoms with Crippen LogP contribution in [0.2, 0.25) is 5.02 Å². The van der Waals surface area contributed by atoms with Gasteiger partial charge < -0.3 is 5.11 Å². The number of benzene rings is 1. The number of sulfonamides is 1. The molecule has 0 aliphatic heterocycles. The zero-order chi connectivity index (χ0) is 14.8. The molecule has 19 heavy (non-hydrogen) atoms. The Balaban J connectivity index is 3.32. The molecule has 0 aliphatic carbocycles. The molecule has 0 spiro atoms. The lowest BCUT2D eigenvalue weighted by atomic mass is 10.2. The summed E-state index contributed by atoms with van der Waals surface area (Å²) >= 11 is 8.85. The molecule has 1 aromatic carbocycles. The van der Waals surface area contributed by atoms with E-state index in [1.807, 2.05) is 6.92 Å². The number of hydrogen-bond acceptors (Lipinski definition) is 3. The van der Waals surface area contributed by atoms with Gasteiger partial charge >= 0.3 is 5.97 Å². The number of halogens is 2. The molecule has 0 radical (unpaired) electrons. The van der Waals surface area contributed by atoms with Crippen LogP contribution in [0.4, 0.5) is 0 Å². The zero-order valence-electron chi connectivity index (χ0n) is 10.3. The first kappa shape index (κ1) is 16.4. The average Bonchev–Trinajstić information content (AvgIpc) is 2.31. The van der Waals surface area contributed by atoms with Gasteiger partial charge in [0.15, 0.2) is 0 Å². The number of rotatable bonds is 5. The molecule has 0 bridgehead atoms. The fourth-order valence-electron chi connectivity index (χ4n) is 1.29. The van der Waals surface area contributed by atoms with E-state index in [0.717, 1.165) is 6.07 Å². The van der Waals surface area contributed by atoms with Gasteiger partial charge in [-0.1, -0.05) is 18.5 Å². The van der Waals surface area contributed by atoms with Crippen LogP contribution in [0.5, 0.6) is 0 Å². The Labute approximate surface area is 125 Å². The van der Waals surface area contributed by atoms with Gasteiger partial charge in [-0.3, -0.25) is 0 Å². The van der Waals surface area contributed by atoms with Gasteiger partial charge in [-0.05, 0) is 41.4 Å². The summed E-state index contributed by atoms with van der Waals surface area (Å²) < 4.78 is 26.8. The van der Waals surface area contributed by atoms with Crippen LogP contribution in [0.3, 0.4) is 0 Å². The first-order valence-electron chi connectivity index (χ1n) is 5.43. The first-order valence-corrected chi connectivity index (χ1v) is 8.09. The van der Waals surface area contributed by atoms with E-state index in [1.165, 1.54) is 6.07 Å². The van der Waals surface area contributed by atoms with E-state index >= 15 is 0 Å². The van der Waals surface area contributed by atoms with Crippen molar-refractivity contribution in [2.45, 2.75) is 31.2 Å². The molecule has 5 nitrogen and oxygen atoms in total. The van der Waals surface area contributed by atoms with Crippen molar-refractivity contribution in [1.82, 2.24) is 4.72 Å². The van der Waals surface area contributed by atoms with Crippen LogP contribution in [-0.4, -0.2) is 25.5 Å². The number of carbonyl (C=O) groups is 1. The number of hydrogen-bond donors (Lipinski definition) is 2. The number of nitrogens with one attached hydrogen (secondary N) is 1. The third kappa shape index (κ3) is 3.92. The zero-order valence-corrected chi connectivity index (χ0v) is 13.4. The summed E-state index contributed by atoms with van der Waals surface area (Å²) in [5.74, 6) is -1.29. The quantitative estimate of drug-likeness (QED) is 0.835. The van der Waals surface area contributed by atoms with Crippen LogP contribution in [0.1, 0.15) is 30.6 Å². The second-order valence-corrected chi connectivity index (χ2v) is 6.95. The van der Waals surface area contributed by atoms with Crippen LogP contribution in [-0.2, 0) is 10.0 Å². The molecule has 1 aromatic rings. The summed E-state index contributed by atoms with van der Waals surface area (Å²) in [5, 5.41) is 8.96. The summed E-state index contributed by atoms with van der Waals surface area (Å²) in [7, 11) is -3.77. The highest BCUT2D eigenvalue weighted by atomic mass is 79.9. The molecular formula is C11H13BrClNO4S. The maximum Gasteiger partial charge on any atom is 0.337 e. The van der Waals surface area contributed by atoms with Crippen molar-refractivity contribution >= 4 is 43.5 Å². The van der Waals surface area contributed by atoms with Crippen LogP contribution in [0.25, 0.3) is 0 Å². The normalized spacial score (nSPS) is 13.3. The van der Waals surface area contributed by atoms with Crippen molar-refractivity contribution in [3.63, 3.8) is 0 Å². The highest BCUT2D eigenvalue weighted by Crippen LogP contribution is 2.30. The van der Waals surface area contributed by atoms with Gasteiger partial charge in [0.1, 0.15) is 0 Å². The second-order valence-electron chi connectivity index (χ2n) is 4.00. The fourth-order valence-corrected chi connectivity index (χ4v) is 3.47. The van der Waals surface area contributed by atoms with Crippen molar-refractivity contribution in [1.29, 1.82) is 0 Å². The smallest absolute Gasteiger partial charge is 0.337 e. The molecule has 0 aromatic heterocycles. The molecule has 1 atom stereocenters. The number of carboxylic acids is 1. The van der Waals surface area contributed by atoms with E-state index in [4.69, 9.17) is 16.7 Å². The van der Waals surface area contributed by atoms with Crippen LogP contribution < -0.4 is 4.72 Å². The maximum absolute atomic E-state index is 12.1. The monoisotopic (exact) mass is 369 g/mol. The van der Waals surface area contributed by atoms with E-state index in [1.54, 1.807) is 6.92 Å². The SMILES string of the molecule is CCC(C)NS(=O)(=O)c1cc(Br)c(Cl)c(C(=O)O)c1. The fraction of sp³-hybridized carbons (Fsp3) is 0.364. The van der Waals surface area contributed by atoms with Gasteiger partial charge in [0.2, 0.25) is 10.0 Å².